The van der Waals surface area contributed by atoms with Crippen molar-refractivity contribution in [2.45, 2.75) is 31.1 Å². The molecule has 29 heavy (non-hydrogen) atoms. The second kappa shape index (κ2) is 9.34. The van der Waals surface area contributed by atoms with Crippen LogP contribution < -0.4 is 11.0 Å². The Morgan fingerprint density at radius 3 is 2.52 bits per heavy atom. The largest absolute Gasteiger partial charge is 0.384 e. The molecule has 0 radical (unpaired) electrons. The third-order valence-corrected chi connectivity index (χ3v) is 7.11. The average molecular weight is 423 g/mol. The van der Waals surface area contributed by atoms with E-state index in [9.17, 15) is 18.0 Å². The summed E-state index contributed by atoms with van der Waals surface area (Å²) in [6.45, 7) is 1.83. The molecular formula is C20H26N2O6S. The average Bonchev–Trinajstić information content (AvgIpc) is 2.69. The molecule has 2 N–H and O–H groups in total. The number of aryl methyl sites for hydroxylation is 1. The van der Waals surface area contributed by atoms with Gasteiger partial charge in [-0.05, 0) is 42.5 Å². The number of methoxy groups -OCH3 is 1. The van der Waals surface area contributed by atoms with Gasteiger partial charge >= 0.3 is 0 Å². The van der Waals surface area contributed by atoms with E-state index in [1.807, 2.05) is 24.3 Å². The van der Waals surface area contributed by atoms with Crippen LogP contribution in [0, 0.1) is 0 Å². The number of nitrogens with one attached hydrogen (secondary N) is 1. The van der Waals surface area contributed by atoms with Crippen LogP contribution in [0.2, 0.25) is 0 Å². The summed E-state index contributed by atoms with van der Waals surface area (Å²) in [5.74, 6) is -1.03. The van der Waals surface area contributed by atoms with Crippen LogP contribution in [0.15, 0.2) is 47.4 Å². The lowest BCUT2D eigenvalue weighted by Crippen LogP contribution is -2.49. The van der Waals surface area contributed by atoms with Gasteiger partial charge in [-0.1, -0.05) is 24.3 Å². The van der Waals surface area contributed by atoms with E-state index < -0.39 is 20.5 Å². The van der Waals surface area contributed by atoms with E-state index in [2.05, 4.69) is 0 Å². The molecule has 1 heterocycles. The number of benzene rings is 1. The number of carbonyl (C=O) groups is 1. The van der Waals surface area contributed by atoms with Crippen molar-refractivity contribution in [1.29, 1.82) is 0 Å². The predicted octanol–water partition coefficient (Wildman–Crippen LogP) is 1.40. The van der Waals surface area contributed by atoms with Crippen LogP contribution in [0.3, 0.4) is 0 Å². The Balaban J connectivity index is 2.24. The Bertz CT molecular complexity index is 1030. The summed E-state index contributed by atoms with van der Waals surface area (Å²) in [4.78, 5) is 24.4. The topological polar surface area (TPSA) is 115 Å². The first-order valence-corrected chi connectivity index (χ1v) is 10.9. The van der Waals surface area contributed by atoms with Gasteiger partial charge in [0, 0.05) is 32.2 Å². The fourth-order valence-electron chi connectivity index (χ4n) is 2.92. The maximum Gasteiger partial charge on any atom is 0.264 e. The van der Waals surface area contributed by atoms with Crippen LogP contribution in [0.1, 0.15) is 18.9 Å². The van der Waals surface area contributed by atoms with E-state index in [-0.39, 0.29) is 18.5 Å². The van der Waals surface area contributed by atoms with Gasteiger partial charge in [-0.3, -0.25) is 14.8 Å². The van der Waals surface area contributed by atoms with Crippen molar-refractivity contribution >= 4 is 15.7 Å². The molecule has 1 aromatic heterocycles. The predicted molar refractivity (Wildman–Crippen MR) is 110 cm³/mol. The molecule has 2 aromatic rings. The Hall–Kier alpha value is -2.49. The summed E-state index contributed by atoms with van der Waals surface area (Å²) in [5.41, 5.74) is 3.81. The molecule has 0 fully saturated rings. The van der Waals surface area contributed by atoms with Crippen molar-refractivity contribution in [3.05, 3.63) is 58.5 Å². The van der Waals surface area contributed by atoms with Crippen molar-refractivity contribution in [1.82, 2.24) is 10.0 Å². The lowest BCUT2D eigenvalue weighted by molar-refractivity contribution is -0.131. The zero-order valence-corrected chi connectivity index (χ0v) is 17.5. The number of hydrogen-bond acceptors (Lipinski definition) is 6. The van der Waals surface area contributed by atoms with Crippen molar-refractivity contribution in [3.63, 3.8) is 0 Å². The highest BCUT2D eigenvalue weighted by molar-refractivity contribution is 7.92. The molecule has 0 unspecified atom stereocenters. The van der Waals surface area contributed by atoms with Crippen LogP contribution in [0.4, 0.5) is 0 Å². The minimum Gasteiger partial charge on any atom is -0.384 e. The standard InChI is InChI=1S/C20H26N2O6S/c1-20(19(24)21-25,29(3,26)27)9-11-22-10-7-17(14-18(22)23)16-6-4-5-15(13-16)8-12-28-2/h4-7,10,13-14,25H,8-9,11-12H2,1-3H3,(H,21,24)/t20-/m1/s1. The van der Waals surface area contributed by atoms with Gasteiger partial charge in [0.15, 0.2) is 14.6 Å². The summed E-state index contributed by atoms with van der Waals surface area (Å²) in [6, 6.07) is 11.0. The third kappa shape index (κ3) is 5.31. The molecule has 0 aliphatic heterocycles. The summed E-state index contributed by atoms with van der Waals surface area (Å²) >= 11 is 0. The molecule has 2 rings (SSSR count). The summed E-state index contributed by atoms with van der Waals surface area (Å²) in [7, 11) is -2.18. The van der Waals surface area contributed by atoms with Gasteiger partial charge in [-0.2, -0.15) is 0 Å². The highest BCUT2D eigenvalue weighted by Gasteiger charge is 2.43. The van der Waals surface area contributed by atoms with Gasteiger partial charge in [0.1, 0.15) is 0 Å². The van der Waals surface area contributed by atoms with Crippen LogP contribution in [-0.2, 0) is 32.3 Å². The number of carbonyl (C=O) groups excluding carboxylic acids is 1. The number of amides is 1. The normalized spacial score (nSPS) is 13.7. The van der Waals surface area contributed by atoms with E-state index in [0.717, 1.165) is 29.4 Å². The molecule has 158 valence electrons. The number of hydroxylamine groups is 1. The molecule has 0 saturated heterocycles. The Morgan fingerprint density at radius 1 is 1.24 bits per heavy atom. The fourth-order valence-corrected chi connectivity index (χ4v) is 3.76. The molecule has 1 amide bonds. The second-order valence-electron chi connectivity index (χ2n) is 7.08. The monoisotopic (exact) mass is 422 g/mol. The van der Waals surface area contributed by atoms with Crippen LogP contribution >= 0.6 is 0 Å². The van der Waals surface area contributed by atoms with Gasteiger partial charge < -0.3 is 9.30 Å². The van der Waals surface area contributed by atoms with Crippen molar-refractivity contribution in [2.75, 3.05) is 20.0 Å². The Labute approximate surface area is 170 Å². The smallest absolute Gasteiger partial charge is 0.264 e. The lowest BCUT2D eigenvalue weighted by atomic mass is 10.0. The van der Waals surface area contributed by atoms with E-state index in [4.69, 9.17) is 9.94 Å². The van der Waals surface area contributed by atoms with Crippen LogP contribution in [0.25, 0.3) is 11.1 Å². The first kappa shape index (κ1) is 22.8. The molecule has 0 bridgehead atoms. The van der Waals surface area contributed by atoms with Gasteiger partial charge in [0.2, 0.25) is 0 Å². The number of nitrogens with zero attached hydrogens (tertiary/aromatic N) is 1. The summed E-state index contributed by atoms with van der Waals surface area (Å²) < 4.78 is 28.7. The highest BCUT2D eigenvalue weighted by atomic mass is 32.2. The van der Waals surface area contributed by atoms with E-state index >= 15 is 0 Å². The molecule has 0 saturated carbocycles. The molecule has 1 atom stereocenters. The van der Waals surface area contributed by atoms with Gasteiger partial charge in [-0.15, -0.1) is 0 Å². The van der Waals surface area contributed by atoms with E-state index in [0.29, 0.717) is 6.61 Å². The molecule has 0 aliphatic rings. The number of rotatable bonds is 9. The lowest BCUT2D eigenvalue weighted by Gasteiger charge is -2.25. The van der Waals surface area contributed by atoms with Crippen molar-refractivity contribution < 1.29 is 23.2 Å². The molecule has 0 spiro atoms. The number of sulfone groups is 1. The SMILES string of the molecule is COCCc1cccc(-c2ccn(CC[C@](C)(C(=O)NO)S(C)(=O)=O)c(=O)c2)c1. The first-order valence-electron chi connectivity index (χ1n) is 9.05. The highest BCUT2D eigenvalue weighted by Crippen LogP contribution is 2.23. The number of pyridine rings is 1. The van der Waals surface area contributed by atoms with Crippen LogP contribution in [-0.4, -0.2) is 48.8 Å². The fraction of sp³-hybridized carbons (Fsp3) is 0.400. The first-order chi connectivity index (χ1) is 13.6. The minimum absolute atomic E-state index is 0.00395. The number of ether oxygens (including phenoxy) is 1. The quantitative estimate of drug-likeness (QED) is 0.466. The molecule has 9 heteroatoms. The van der Waals surface area contributed by atoms with E-state index in [1.165, 1.54) is 23.0 Å². The maximum absolute atomic E-state index is 12.5. The molecule has 0 aliphatic carbocycles. The van der Waals surface area contributed by atoms with E-state index in [1.54, 1.807) is 19.4 Å². The van der Waals surface area contributed by atoms with Crippen LogP contribution in [0.5, 0.6) is 0 Å². The minimum atomic E-state index is -3.82. The van der Waals surface area contributed by atoms with Crippen molar-refractivity contribution in [3.8, 4) is 11.1 Å². The maximum atomic E-state index is 12.5. The number of aromatic nitrogens is 1. The number of hydrogen-bond donors (Lipinski definition) is 2. The van der Waals surface area contributed by atoms with Gasteiger partial charge in [0.25, 0.3) is 11.5 Å². The summed E-state index contributed by atoms with van der Waals surface area (Å²) in [5, 5.41) is 8.88. The molecule has 8 nitrogen and oxygen atoms in total. The third-order valence-electron chi connectivity index (χ3n) is 5.08. The van der Waals surface area contributed by atoms with Crippen molar-refractivity contribution in [2.24, 2.45) is 0 Å². The zero-order valence-electron chi connectivity index (χ0n) is 16.7. The second-order valence-corrected chi connectivity index (χ2v) is 9.53. The van der Waals surface area contributed by atoms with Gasteiger partial charge in [-0.25, -0.2) is 13.9 Å². The Kier molecular flexibility index (Phi) is 7.34. The molecule has 1 aromatic carbocycles. The Morgan fingerprint density at radius 2 is 1.93 bits per heavy atom. The zero-order chi connectivity index (χ0) is 21.7. The summed E-state index contributed by atoms with van der Waals surface area (Å²) in [6.07, 6.45) is 3.09. The molecular weight excluding hydrogens is 396 g/mol. The van der Waals surface area contributed by atoms with Gasteiger partial charge in [0.05, 0.1) is 6.61 Å².